The Balaban J connectivity index is 1.70. The fourth-order valence-corrected chi connectivity index (χ4v) is 5.88. The predicted molar refractivity (Wildman–Crippen MR) is 146 cm³/mol. The van der Waals surface area contributed by atoms with Gasteiger partial charge in [0.2, 0.25) is 0 Å². The molecule has 0 unspecified atom stereocenters. The highest BCUT2D eigenvalue weighted by Gasteiger charge is 2.28. The van der Waals surface area contributed by atoms with Crippen LogP contribution in [0.15, 0.2) is 33.7 Å². The molecule has 35 heavy (non-hydrogen) atoms. The van der Waals surface area contributed by atoms with Gasteiger partial charge in [-0.1, -0.05) is 15.9 Å². The van der Waals surface area contributed by atoms with Crippen LogP contribution in [0.5, 0.6) is 0 Å². The van der Waals surface area contributed by atoms with E-state index in [1.54, 1.807) is 0 Å². The Labute approximate surface area is 215 Å². The molecule has 0 atom stereocenters. The molecule has 2 heterocycles. The lowest BCUT2D eigenvalue weighted by Crippen LogP contribution is -2.42. The van der Waals surface area contributed by atoms with Gasteiger partial charge in [-0.15, -0.1) is 0 Å². The van der Waals surface area contributed by atoms with Gasteiger partial charge in [0.05, 0.1) is 6.20 Å². The largest absolute Gasteiger partial charge is 0.368 e. The first-order chi connectivity index (χ1) is 16.7. The summed E-state index contributed by atoms with van der Waals surface area (Å²) < 4.78 is 16.2. The van der Waals surface area contributed by atoms with Gasteiger partial charge in [0.25, 0.3) is 5.56 Å². The Hall–Kier alpha value is -2.45. The molecule has 2 N–H and O–H groups in total. The van der Waals surface area contributed by atoms with Gasteiger partial charge in [-0.05, 0) is 84.3 Å². The normalized spacial score (nSPS) is 18.3. The van der Waals surface area contributed by atoms with Crippen molar-refractivity contribution in [1.82, 2.24) is 14.9 Å². The van der Waals surface area contributed by atoms with Crippen molar-refractivity contribution in [2.45, 2.75) is 65.1 Å². The summed E-state index contributed by atoms with van der Waals surface area (Å²) >= 11 is 3.65. The zero-order chi connectivity index (χ0) is 25.3. The highest BCUT2D eigenvalue weighted by Crippen LogP contribution is 2.39. The number of aromatic amines is 1. The maximum atomic E-state index is 15.3. The van der Waals surface area contributed by atoms with E-state index in [4.69, 9.17) is 0 Å². The topological polar surface area (TPSA) is 64.3 Å². The third kappa shape index (κ3) is 5.38. The molecule has 0 saturated heterocycles. The van der Waals surface area contributed by atoms with Gasteiger partial charge in [0.15, 0.2) is 5.82 Å². The molecule has 8 heteroatoms. The van der Waals surface area contributed by atoms with Crippen molar-refractivity contribution < 1.29 is 4.39 Å². The van der Waals surface area contributed by atoms with Crippen LogP contribution in [-0.4, -0.2) is 47.6 Å². The molecule has 1 fully saturated rings. The van der Waals surface area contributed by atoms with E-state index in [1.165, 1.54) is 6.20 Å². The fourth-order valence-electron chi connectivity index (χ4n) is 5.44. The number of H-pyrrole nitrogens is 1. The SMILES string of the molecule is CCN(c1cc(Br)cc2c(NCc3c(C)cc(C)[nH]c3=O)ncc(F)c12)C1CCC(N(C)C)CC1. The van der Waals surface area contributed by atoms with Gasteiger partial charge in [-0.3, -0.25) is 4.79 Å². The van der Waals surface area contributed by atoms with Crippen LogP contribution in [0, 0.1) is 19.7 Å². The summed E-state index contributed by atoms with van der Waals surface area (Å²) in [5, 5.41) is 4.57. The molecule has 188 valence electrons. The average Bonchev–Trinajstić information content (AvgIpc) is 2.80. The van der Waals surface area contributed by atoms with E-state index in [9.17, 15) is 4.79 Å². The van der Waals surface area contributed by atoms with Gasteiger partial charge in [0, 0.05) is 57.4 Å². The minimum Gasteiger partial charge on any atom is -0.368 e. The minimum atomic E-state index is -0.335. The van der Waals surface area contributed by atoms with Crippen molar-refractivity contribution >= 4 is 38.2 Å². The summed E-state index contributed by atoms with van der Waals surface area (Å²) in [5.41, 5.74) is 3.16. The number of hydrogen-bond donors (Lipinski definition) is 2. The standard InChI is InChI=1S/C27H35BrFN5O/c1-6-34(20-9-7-19(8-10-20)33(4)5)24-13-18(28)12-21-25(24)23(29)15-31-26(21)30-14-22-16(2)11-17(3)32-27(22)35/h11-13,15,19-20H,6-10,14H2,1-5H3,(H,30,31)(H,32,35). The highest BCUT2D eigenvalue weighted by molar-refractivity contribution is 9.10. The maximum Gasteiger partial charge on any atom is 0.253 e. The molecule has 1 saturated carbocycles. The minimum absolute atomic E-state index is 0.117. The summed E-state index contributed by atoms with van der Waals surface area (Å²) in [6.07, 6.45) is 5.73. The van der Waals surface area contributed by atoms with Crippen LogP contribution in [0.25, 0.3) is 10.8 Å². The van der Waals surface area contributed by atoms with Gasteiger partial charge in [-0.2, -0.15) is 0 Å². The van der Waals surface area contributed by atoms with Crippen LogP contribution in [-0.2, 0) is 6.54 Å². The zero-order valence-electron chi connectivity index (χ0n) is 21.2. The van der Waals surface area contributed by atoms with Crippen LogP contribution in [0.4, 0.5) is 15.9 Å². The zero-order valence-corrected chi connectivity index (χ0v) is 22.8. The monoisotopic (exact) mass is 543 g/mol. The Kier molecular flexibility index (Phi) is 7.81. The van der Waals surface area contributed by atoms with Crippen molar-refractivity contribution in [3.05, 3.63) is 61.9 Å². The van der Waals surface area contributed by atoms with Crippen LogP contribution in [0.3, 0.4) is 0 Å². The number of pyridine rings is 2. The Morgan fingerprint density at radius 1 is 1.14 bits per heavy atom. The molecule has 3 aromatic rings. The van der Waals surface area contributed by atoms with E-state index < -0.39 is 0 Å². The summed E-state index contributed by atoms with van der Waals surface area (Å²) in [5.74, 6) is 0.230. The molecule has 0 amide bonds. The second-order valence-electron chi connectivity index (χ2n) is 9.81. The molecule has 2 aromatic heterocycles. The van der Waals surface area contributed by atoms with E-state index in [2.05, 4.69) is 62.0 Å². The van der Waals surface area contributed by atoms with E-state index >= 15 is 4.39 Å². The number of nitrogens with zero attached hydrogens (tertiary/aromatic N) is 3. The number of aryl methyl sites for hydroxylation is 2. The molecule has 0 spiro atoms. The van der Waals surface area contributed by atoms with E-state index in [-0.39, 0.29) is 11.4 Å². The van der Waals surface area contributed by atoms with Gasteiger partial charge >= 0.3 is 0 Å². The average molecular weight is 545 g/mol. The summed E-state index contributed by atoms with van der Waals surface area (Å²) in [7, 11) is 4.29. The van der Waals surface area contributed by atoms with Gasteiger partial charge in [0.1, 0.15) is 5.82 Å². The molecule has 0 radical (unpaired) electrons. The molecule has 4 rings (SSSR count). The fraction of sp³-hybridized carbons (Fsp3) is 0.481. The summed E-state index contributed by atoms with van der Waals surface area (Å²) in [6.45, 7) is 7.03. The van der Waals surface area contributed by atoms with Crippen LogP contribution in [0.1, 0.15) is 49.4 Å². The Morgan fingerprint density at radius 2 is 1.83 bits per heavy atom. The predicted octanol–water partition coefficient (Wildman–Crippen LogP) is 5.75. The molecular weight excluding hydrogens is 509 g/mol. The summed E-state index contributed by atoms with van der Waals surface area (Å²) in [4.78, 5) is 24.4. The molecule has 0 aliphatic heterocycles. The smallest absolute Gasteiger partial charge is 0.253 e. The number of benzene rings is 1. The molecule has 1 aliphatic carbocycles. The number of nitrogens with one attached hydrogen (secondary N) is 2. The van der Waals surface area contributed by atoms with Crippen LogP contribution < -0.4 is 15.8 Å². The lowest BCUT2D eigenvalue weighted by Gasteiger charge is -2.40. The quantitative estimate of drug-likeness (QED) is 0.397. The van der Waals surface area contributed by atoms with Crippen molar-refractivity contribution in [3.8, 4) is 0 Å². The first kappa shape index (κ1) is 25.6. The van der Waals surface area contributed by atoms with E-state index in [0.29, 0.717) is 40.8 Å². The van der Waals surface area contributed by atoms with E-state index in [1.807, 2.05) is 32.0 Å². The lowest BCUT2D eigenvalue weighted by atomic mass is 9.89. The van der Waals surface area contributed by atoms with Crippen LogP contribution in [0.2, 0.25) is 0 Å². The third-order valence-corrected chi connectivity index (χ3v) is 7.75. The van der Waals surface area contributed by atoms with Crippen molar-refractivity contribution in [2.24, 2.45) is 0 Å². The first-order valence-electron chi connectivity index (χ1n) is 12.3. The second kappa shape index (κ2) is 10.7. The third-order valence-electron chi connectivity index (χ3n) is 7.30. The molecule has 0 bridgehead atoms. The number of halogens is 2. The Morgan fingerprint density at radius 3 is 2.46 bits per heavy atom. The highest BCUT2D eigenvalue weighted by atomic mass is 79.9. The second-order valence-corrected chi connectivity index (χ2v) is 10.7. The maximum absolute atomic E-state index is 15.3. The Bertz CT molecular complexity index is 1270. The number of anilines is 2. The molecular formula is C27H35BrFN5O. The molecule has 1 aliphatic rings. The van der Waals surface area contributed by atoms with Crippen molar-refractivity contribution in [3.63, 3.8) is 0 Å². The number of fused-ring (bicyclic) bond motifs is 1. The number of hydrogen-bond acceptors (Lipinski definition) is 5. The number of rotatable bonds is 7. The van der Waals surface area contributed by atoms with Crippen molar-refractivity contribution in [1.29, 1.82) is 0 Å². The van der Waals surface area contributed by atoms with Gasteiger partial charge < -0.3 is 20.1 Å². The summed E-state index contributed by atoms with van der Waals surface area (Å²) in [6, 6.07) is 6.85. The van der Waals surface area contributed by atoms with Crippen LogP contribution >= 0.6 is 15.9 Å². The lowest BCUT2D eigenvalue weighted by molar-refractivity contribution is 0.214. The molecule has 6 nitrogen and oxygen atoms in total. The molecule has 1 aromatic carbocycles. The van der Waals surface area contributed by atoms with Gasteiger partial charge in [-0.25, -0.2) is 9.37 Å². The first-order valence-corrected chi connectivity index (χ1v) is 13.1. The van der Waals surface area contributed by atoms with Crippen molar-refractivity contribution in [2.75, 3.05) is 30.9 Å². The number of aromatic nitrogens is 2. The van der Waals surface area contributed by atoms with E-state index in [0.717, 1.165) is 53.6 Å².